The summed E-state index contributed by atoms with van der Waals surface area (Å²) in [5, 5.41) is 0. The Labute approximate surface area is 121 Å². The fraction of sp³-hybridized carbons (Fsp3) is 1.00. The van der Waals surface area contributed by atoms with E-state index in [4.69, 9.17) is 0 Å². The van der Waals surface area contributed by atoms with Crippen molar-refractivity contribution in [3.05, 3.63) is 0 Å². The van der Waals surface area contributed by atoms with Crippen molar-refractivity contribution in [3.8, 4) is 0 Å². The van der Waals surface area contributed by atoms with Gasteiger partial charge in [0.25, 0.3) is 21.2 Å². The second-order valence-electron chi connectivity index (χ2n) is 5.10. The number of hydrogen-bond donors (Lipinski definition) is 0. The zero-order valence-corrected chi connectivity index (χ0v) is 14.4. The molecule has 0 nitrogen and oxygen atoms in total. The minimum atomic E-state index is 0.573. The molecule has 1 heteroatoms. The van der Waals surface area contributed by atoms with Crippen LogP contribution in [0.15, 0.2) is 0 Å². The molecular weight excluding hydrogens is 319 g/mol. The monoisotopic (exact) mass is 353 g/mol. The first kappa shape index (κ1) is 17.7. The highest BCUT2D eigenvalue weighted by atomic mass is 127. The van der Waals surface area contributed by atoms with Crippen LogP contribution in [0, 0.1) is 0 Å². The van der Waals surface area contributed by atoms with Gasteiger partial charge in [-0.2, -0.15) is 0 Å². The largest absolute Gasteiger partial charge is 0.268 e. The van der Waals surface area contributed by atoms with E-state index in [1.807, 2.05) is 0 Å². The second-order valence-corrected chi connectivity index (χ2v) is 8.34. The van der Waals surface area contributed by atoms with Gasteiger partial charge in [0.2, 0.25) is 0 Å². The number of hydrogen-bond acceptors (Lipinski definition) is 0. The van der Waals surface area contributed by atoms with Gasteiger partial charge >= 0.3 is 0 Å². The summed E-state index contributed by atoms with van der Waals surface area (Å²) in [7, 11) is 0. The maximum atomic E-state index is 2.30. The van der Waals surface area contributed by atoms with Crippen molar-refractivity contribution in [2.75, 3.05) is 8.86 Å². The molecule has 0 N–H and O–H groups in total. The predicted molar refractivity (Wildman–Crippen MR) is 76.5 cm³/mol. The van der Waals surface area contributed by atoms with Crippen LogP contribution in [0.1, 0.15) is 90.9 Å². The van der Waals surface area contributed by atoms with Crippen LogP contribution in [0.25, 0.3) is 0 Å². The SMILES string of the molecule is CCCCCCCC[I+]CCCCCCCC. The van der Waals surface area contributed by atoms with Crippen molar-refractivity contribution in [1.29, 1.82) is 0 Å². The van der Waals surface area contributed by atoms with Gasteiger partial charge in [0.1, 0.15) is 8.86 Å². The van der Waals surface area contributed by atoms with Crippen LogP contribution < -0.4 is 21.2 Å². The van der Waals surface area contributed by atoms with E-state index in [1.54, 1.807) is 8.86 Å². The summed E-state index contributed by atoms with van der Waals surface area (Å²) in [5.41, 5.74) is 0. The average Bonchev–Trinajstić information content (AvgIpc) is 2.35. The van der Waals surface area contributed by atoms with Crippen LogP contribution >= 0.6 is 0 Å². The van der Waals surface area contributed by atoms with Gasteiger partial charge in [0, 0.05) is 0 Å². The molecule has 0 bridgehead atoms. The van der Waals surface area contributed by atoms with Gasteiger partial charge < -0.3 is 0 Å². The van der Waals surface area contributed by atoms with Gasteiger partial charge in [0.15, 0.2) is 0 Å². The minimum Gasteiger partial charge on any atom is -0.0654 e. The first-order valence-corrected chi connectivity index (χ1v) is 11.0. The summed E-state index contributed by atoms with van der Waals surface area (Å²) in [6.45, 7) is 4.60. The third-order valence-electron chi connectivity index (χ3n) is 3.24. The van der Waals surface area contributed by atoms with Crippen molar-refractivity contribution >= 4 is 0 Å². The molecule has 0 radical (unpaired) electrons. The van der Waals surface area contributed by atoms with Crippen LogP contribution in [0.2, 0.25) is 0 Å². The minimum absolute atomic E-state index is 0.573. The molecular formula is C16H34I+. The molecule has 0 atom stereocenters. The Morgan fingerprint density at radius 1 is 0.471 bits per heavy atom. The zero-order valence-electron chi connectivity index (χ0n) is 12.3. The molecule has 0 amide bonds. The predicted octanol–water partition coefficient (Wildman–Crippen LogP) is 2.80. The normalized spacial score (nSPS) is 10.9. The standard InChI is InChI=1S/C16H34I/c1-3-5-7-9-11-13-15-17-16-14-12-10-8-6-4-2/h3-16H2,1-2H3/q+1. The lowest BCUT2D eigenvalue weighted by Crippen LogP contribution is -3.63. The van der Waals surface area contributed by atoms with E-state index >= 15 is 0 Å². The van der Waals surface area contributed by atoms with Crippen molar-refractivity contribution < 1.29 is 21.2 Å². The maximum absolute atomic E-state index is 2.30. The van der Waals surface area contributed by atoms with Crippen LogP contribution in [0.4, 0.5) is 0 Å². The van der Waals surface area contributed by atoms with E-state index in [0.717, 1.165) is 0 Å². The molecule has 0 aliphatic carbocycles. The highest BCUT2D eigenvalue weighted by molar-refractivity contribution is 4.43. The fourth-order valence-corrected chi connectivity index (χ4v) is 4.73. The van der Waals surface area contributed by atoms with E-state index in [-0.39, 0.29) is 0 Å². The lowest BCUT2D eigenvalue weighted by molar-refractivity contribution is -0.655. The van der Waals surface area contributed by atoms with E-state index in [1.165, 1.54) is 77.0 Å². The lowest BCUT2D eigenvalue weighted by atomic mass is 10.1. The lowest BCUT2D eigenvalue weighted by Gasteiger charge is -1.96. The highest BCUT2D eigenvalue weighted by Crippen LogP contribution is 2.04. The van der Waals surface area contributed by atoms with E-state index in [2.05, 4.69) is 13.8 Å². The molecule has 0 fully saturated rings. The van der Waals surface area contributed by atoms with Crippen molar-refractivity contribution in [2.45, 2.75) is 90.9 Å². The van der Waals surface area contributed by atoms with Gasteiger partial charge in [-0.15, -0.1) is 0 Å². The summed E-state index contributed by atoms with van der Waals surface area (Å²) < 4.78 is 3.19. The second kappa shape index (κ2) is 16.7. The molecule has 0 rings (SSSR count). The molecule has 0 aromatic carbocycles. The Bertz CT molecular complexity index is 109. The molecule has 0 heterocycles. The topological polar surface area (TPSA) is 0 Å². The van der Waals surface area contributed by atoms with Crippen molar-refractivity contribution in [1.82, 2.24) is 0 Å². The molecule has 0 aromatic heterocycles. The molecule has 0 unspecified atom stereocenters. The number of halogens is 1. The number of unbranched alkanes of at least 4 members (excludes halogenated alkanes) is 10. The summed E-state index contributed by atoms with van der Waals surface area (Å²) in [6, 6.07) is 0. The number of alkyl halides is 2. The summed E-state index contributed by atoms with van der Waals surface area (Å²) in [4.78, 5) is 0. The molecule has 0 spiro atoms. The number of rotatable bonds is 14. The highest BCUT2D eigenvalue weighted by Gasteiger charge is 2.05. The summed E-state index contributed by atoms with van der Waals surface area (Å²) >= 11 is 0.573. The van der Waals surface area contributed by atoms with E-state index < -0.39 is 0 Å². The molecule has 0 aliphatic rings. The molecule has 0 saturated carbocycles. The Hall–Kier alpha value is 0.730. The smallest absolute Gasteiger partial charge is 0.0654 e. The molecule has 0 saturated heterocycles. The van der Waals surface area contributed by atoms with Gasteiger partial charge in [-0.1, -0.05) is 65.2 Å². The zero-order chi connectivity index (χ0) is 12.6. The maximum Gasteiger partial charge on any atom is 0.268 e. The van der Waals surface area contributed by atoms with E-state index in [9.17, 15) is 0 Å². The first-order chi connectivity index (χ1) is 8.41. The third-order valence-corrected chi connectivity index (χ3v) is 6.29. The summed E-state index contributed by atoms with van der Waals surface area (Å²) in [5.74, 6) is 0. The molecule has 17 heavy (non-hydrogen) atoms. The van der Waals surface area contributed by atoms with Crippen LogP contribution in [0.3, 0.4) is 0 Å². The van der Waals surface area contributed by atoms with Gasteiger partial charge in [0.05, 0.1) is 0 Å². The van der Waals surface area contributed by atoms with Crippen LogP contribution in [-0.4, -0.2) is 8.86 Å². The Balaban J connectivity index is 2.85. The van der Waals surface area contributed by atoms with Gasteiger partial charge in [-0.05, 0) is 25.7 Å². The van der Waals surface area contributed by atoms with Crippen LogP contribution in [-0.2, 0) is 0 Å². The van der Waals surface area contributed by atoms with Gasteiger partial charge in [-0.25, -0.2) is 0 Å². The fourth-order valence-electron chi connectivity index (χ4n) is 2.03. The average molecular weight is 353 g/mol. The van der Waals surface area contributed by atoms with Crippen LogP contribution in [0.5, 0.6) is 0 Å². The Kier molecular flexibility index (Phi) is 17.4. The Morgan fingerprint density at radius 3 is 1.24 bits per heavy atom. The molecule has 0 aliphatic heterocycles. The third kappa shape index (κ3) is 16.7. The van der Waals surface area contributed by atoms with Crippen molar-refractivity contribution in [2.24, 2.45) is 0 Å². The molecule has 104 valence electrons. The quantitative estimate of drug-likeness (QED) is 0.256. The summed E-state index contributed by atoms with van der Waals surface area (Å²) in [6.07, 6.45) is 17.7. The van der Waals surface area contributed by atoms with Gasteiger partial charge in [-0.3, -0.25) is 0 Å². The van der Waals surface area contributed by atoms with Crippen molar-refractivity contribution in [3.63, 3.8) is 0 Å². The Morgan fingerprint density at radius 2 is 0.824 bits per heavy atom. The van der Waals surface area contributed by atoms with E-state index in [0.29, 0.717) is 21.2 Å². The molecule has 0 aromatic rings. The first-order valence-electron chi connectivity index (χ1n) is 7.95.